The Kier molecular flexibility index (Phi) is 8.29. The highest BCUT2D eigenvalue weighted by Crippen LogP contribution is 2.25. The van der Waals surface area contributed by atoms with Crippen LogP contribution in [-0.4, -0.2) is 44.1 Å². The van der Waals surface area contributed by atoms with Gasteiger partial charge in [0.1, 0.15) is 5.75 Å². The molecular formula is C21H30N2O5. The van der Waals surface area contributed by atoms with Crippen LogP contribution in [0, 0.1) is 19.8 Å². The zero-order valence-electron chi connectivity index (χ0n) is 16.9. The zero-order valence-corrected chi connectivity index (χ0v) is 16.9. The molecular weight excluding hydrogens is 360 g/mol. The lowest BCUT2D eigenvalue weighted by molar-refractivity contribution is -0.140. The fourth-order valence-electron chi connectivity index (χ4n) is 3.33. The first kappa shape index (κ1) is 21.7. The average Bonchev–Trinajstić information content (AvgIpc) is 2.69. The van der Waals surface area contributed by atoms with Gasteiger partial charge in [0.25, 0.3) is 5.91 Å². The molecule has 0 unspecified atom stereocenters. The van der Waals surface area contributed by atoms with Crippen molar-refractivity contribution in [1.29, 1.82) is 0 Å². The van der Waals surface area contributed by atoms with Crippen LogP contribution >= 0.6 is 0 Å². The van der Waals surface area contributed by atoms with Gasteiger partial charge in [-0.3, -0.25) is 14.4 Å². The topological polar surface area (TPSA) is 93.7 Å². The number of esters is 1. The van der Waals surface area contributed by atoms with Gasteiger partial charge >= 0.3 is 5.97 Å². The van der Waals surface area contributed by atoms with E-state index in [1.165, 1.54) is 7.11 Å². The van der Waals surface area contributed by atoms with Crippen LogP contribution < -0.4 is 15.4 Å². The third-order valence-corrected chi connectivity index (χ3v) is 5.23. The van der Waals surface area contributed by atoms with E-state index < -0.39 is 0 Å². The predicted octanol–water partition coefficient (Wildman–Crippen LogP) is 2.04. The molecule has 1 fully saturated rings. The fraction of sp³-hybridized carbons (Fsp3) is 0.571. The highest BCUT2D eigenvalue weighted by atomic mass is 16.5. The first-order chi connectivity index (χ1) is 13.4. The number of ether oxygens (including phenoxy) is 2. The fourth-order valence-corrected chi connectivity index (χ4v) is 3.33. The number of rotatable bonds is 8. The van der Waals surface area contributed by atoms with E-state index >= 15 is 0 Å². The molecule has 28 heavy (non-hydrogen) atoms. The lowest BCUT2D eigenvalue weighted by Gasteiger charge is -2.28. The summed E-state index contributed by atoms with van der Waals surface area (Å²) in [6, 6.07) is 5.84. The number of nitrogens with one attached hydrogen (secondary N) is 2. The van der Waals surface area contributed by atoms with Gasteiger partial charge in [-0.1, -0.05) is 12.1 Å². The quantitative estimate of drug-likeness (QED) is 0.663. The summed E-state index contributed by atoms with van der Waals surface area (Å²) in [7, 11) is 1.33. The van der Waals surface area contributed by atoms with Crippen LogP contribution in [0.1, 0.15) is 43.2 Å². The van der Waals surface area contributed by atoms with Crippen molar-refractivity contribution in [3.05, 3.63) is 29.3 Å². The highest BCUT2D eigenvalue weighted by Gasteiger charge is 2.27. The van der Waals surface area contributed by atoms with E-state index in [0.29, 0.717) is 12.8 Å². The second kappa shape index (κ2) is 10.7. The normalized spacial score (nSPS) is 18.8. The summed E-state index contributed by atoms with van der Waals surface area (Å²) in [5, 5.41) is 5.77. The van der Waals surface area contributed by atoms with Gasteiger partial charge in [0, 0.05) is 18.5 Å². The molecule has 0 aliphatic heterocycles. The van der Waals surface area contributed by atoms with Crippen molar-refractivity contribution < 1.29 is 23.9 Å². The second-order valence-corrected chi connectivity index (χ2v) is 7.22. The predicted molar refractivity (Wildman–Crippen MR) is 105 cm³/mol. The summed E-state index contributed by atoms with van der Waals surface area (Å²) < 4.78 is 10.2. The van der Waals surface area contributed by atoms with Gasteiger partial charge in [0.05, 0.1) is 13.5 Å². The maximum Gasteiger partial charge on any atom is 0.307 e. The molecule has 1 saturated carbocycles. The van der Waals surface area contributed by atoms with Crippen LogP contribution in [0.2, 0.25) is 0 Å². The maximum absolute atomic E-state index is 12.2. The van der Waals surface area contributed by atoms with Crippen molar-refractivity contribution in [1.82, 2.24) is 10.6 Å². The van der Waals surface area contributed by atoms with E-state index in [9.17, 15) is 14.4 Å². The van der Waals surface area contributed by atoms with Crippen LogP contribution in [-0.2, 0) is 19.1 Å². The van der Waals surface area contributed by atoms with Crippen LogP contribution in [0.5, 0.6) is 5.75 Å². The third kappa shape index (κ3) is 6.55. The molecule has 0 heterocycles. The summed E-state index contributed by atoms with van der Waals surface area (Å²) in [5.41, 5.74) is 2.16. The molecule has 0 saturated heterocycles. The Bertz CT molecular complexity index is 696. The first-order valence-electron chi connectivity index (χ1n) is 9.73. The summed E-state index contributed by atoms with van der Waals surface area (Å²) >= 11 is 0. The SMILES string of the molecule is COC(=O)CCNC(=O)C1CCC(NC(=O)COc2cccc(C)c2C)CC1. The molecule has 7 nitrogen and oxygen atoms in total. The van der Waals surface area contributed by atoms with Gasteiger partial charge in [-0.25, -0.2) is 0 Å². The average molecular weight is 390 g/mol. The van der Waals surface area contributed by atoms with Crippen molar-refractivity contribution in [2.24, 2.45) is 5.92 Å². The molecule has 154 valence electrons. The van der Waals surface area contributed by atoms with Crippen molar-refractivity contribution in [2.45, 2.75) is 52.0 Å². The minimum absolute atomic E-state index is 0.0156. The molecule has 2 rings (SSSR count). The molecule has 0 bridgehead atoms. The van der Waals surface area contributed by atoms with Gasteiger partial charge in [-0.05, 0) is 56.7 Å². The summed E-state index contributed by atoms with van der Waals surface area (Å²) in [6.45, 7) is 4.25. The smallest absolute Gasteiger partial charge is 0.307 e. The molecule has 1 aromatic carbocycles. The maximum atomic E-state index is 12.2. The number of hydrogen-bond acceptors (Lipinski definition) is 5. The molecule has 0 spiro atoms. The Morgan fingerprint density at radius 1 is 1.11 bits per heavy atom. The zero-order chi connectivity index (χ0) is 20.5. The number of carbonyl (C=O) groups excluding carboxylic acids is 3. The highest BCUT2D eigenvalue weighted by molar-refractivity contribution is 5.80. The van der Waals surface area contributed by atoms with Gasteiger partial charge < -0.3 is 20.1 Å². The standard InChI is InChI=1S/C21H30N2O5/c1-14-5-4-6-18(15(14)2)28-13-19(24)23-17-9-7-16(8-10-17)21(26)22-12-11-20(25)27-3/h4-6,16-17H,7-13H2,1-3H3,(H,22,26)(H,23,24). The Labute approximate surface area is 166 Å². The summed E-state index contributed by atoms with van der Waals surface area (Å²) in [4.78, 5) is 35.4. The molecule has 2 N–H and O–H groups in total. The lowest BCUT2D eigenvalue weighted by Crippen LogP contribution is -2.42. The molecule has 7 heteroatoms. The lowest BCUT2D eigenvalue weighted by atomic mass is 9.85. The van der Waals surface area contributed by atoms with Crippen molar-refractivity contribution >= 4 is 17.8 Å². The van der Waals surface area contributed by atoms with Crippen LogP contribution in [0.25, 0.3) is 0 Å². The Balaban J connectivity index is 1.67. The van der Waals surface area contributed by atoms with E-state index in [0.717, 1.165) is 29.7 Å². The van der Waals surface area contributed by atoms with Gasteiger partial charge in [0.15, 0.2) is 6.61 Å². The Hall–Kier alpha value is -2.57. The molecule has 0 aromatic heterocycles. The van der Waals surface area contributed by atoms with E-state index in [1.807, 2.05) is 32.0 Å². The van der Waals surface area contributed by atoms with Gasteiger partial charge in [-0.2, -0.15) is 0 Å². The molecule has 0 atom stereocenters. The van der Waals surface area contributed by atoms with E-state index in [1.54, 1.807) is 0 Å². The monoisotopic (exact) mass is 390 g/mol. The molecule has 1 aliphatic rings. The number of amides is 2. The Morgan fingerprint density at radius 3 is 2.50 bits per heavy atom. The van der Waals surface area contributed by atoms with Gasteiger partial charge in [-0.15, -0.1) is 0 Å². The van der Waals surface area contributed by atoms with Crippen LogP contribution in [0.4, 0.5) is 0 Å². The van der Waals surface area contributed by atoms with Crippen LogP contribution in [0.3, 0.4) is 0 Å². The number of methoxy groups -OCH3 is 1. The number of benzene rings is 1. The number of carbonyl (C=O) groups is 3. The molecule has 0 radical (unpaired) electrons. The van der Waals surface area contributed by atoms with E-state index in [4.69, 9.17) is 4.74 Å². The van der Waals surface area contributed by atoms with Gasteiger partial charge in [0.2, 0.25) is 5.91 Å². The summed E-state index contributed by atoms with van der Waals surface area (Å²) in [5.74, 6) is 0.132. The third-order valence-electron chi connectivity index (χ3n) is 5.23. The van der Waals surface area contributed by atoms with Crippen molar-refractivity contribution in [2.75, 3.05) is 20.3 Å². The minimum atomic E-state index is -0.338. The second-order valence-electron chi connectivity index (χ2n) is 7.22. The summed E-state index contributed by atoms with van der Waals surface area (Å²) in [6.07, 6.45) is 3.11. The van der Waals surface area contributed by atoms with Crippen molar-refractivity contribution in [3.63, 3.8) is 0 Å². The molecule has 1 aliphatic carbocycles. The van der Waals surface area contributed by atoms with E-state index in [-0.39, 0.29) is 49.3 Å². The minimum Gasteiger partial charge on any atom is -0.483 e. The number of hydrogen-bond donors (Lipinski definition) is 2. The Morgan fingerprint density at radius 2 is 1.82 bits per heavy atom. The number of aryl methyl sites for hydroxylation is 1. The molecule has 2 amide bonds. The largest absolute Gasteiger partial charge is 0.483 e. The van der Waals surface area contributed by atoms with Crippen LogP contribution in [0.15, 0.2) is 18.2 Å². The van der Waals surface area contributed by atoms with Crippen molar-refractivity contribution in [3.8, 4) is 5.75 Å². The van der Waals surface area contributed by atoms with E-state index in [2.05, 4.69) is 15.4 Å². The molecule has 1 aromatic rings. The first-order valence-corrected chi connectivity index (χ1v) is 9.73.